The van der Waals surface area contributed by atoms with Gasteiger partial charge in [-0.05, 0) is 0 Å². The molecule has 1 aliphatic heterocycles. The molecule has 0 radical (unpaired) electrons. The molecule has 1 unspecified atom stereocenters. The fourth-order valence-corrected chi connectivity index (χ4v) is 1.45. The molecule has 0 aromatic rings. The predicted octanol–water partition coefficient (Wildman–Crippen LogP) is 0.653. The SMILES string of the molecule is COC1(CNC(=O)NCC(F)(F)F)CCOC1. The molecule has 0 aliphatic carbocycles. The lowest BCUT2D eigenvalue weighted by molar-refractivity contribution is -0.122. The Bertz CT molecular complexity index is 265. The van der Waals surface area contributed by atoms with Crippen molar-refractivity contribution in [2.45, 2.75) is 18.2 Å². The molecule has 1 atom stereocenters. The van der Waals surface area contributed by atoms with Gasteiger partial charge in [-0.2, -0.15) is 13.2 Å². The van der Waals surface area contributed by atoms with Gasteiger partial charge in [-0.15, -0.1) is 0 Å². The molecule has 1 rings (SSSR count). The summed E-state index contributed by atoms with van der Waals surface area (Å²) >= 11 is 0. The van der Waals surface area contributed by atoms with E-state index >= 15 is 0 Å². The lowest BCUT2D eigenvalue weighted by Gasteiger charge is -2.25. The highest BCUT2D eigenvalue weighted by Gasteiger charge is 2.35. The minimum Gasteiger partial charge on any atom is -0.378 e. The summed E-state index contributed by atoms with van der Waals surface area (Å²) < 4.78 is 45.8. The monoisotopic (exact) mass is 256 g/mol. The normalized spacial score (nSPS) is 24.7. The summed E-state index contributed by atoms with van der Waals surface area (Å²) in [6, 6.07) is -0.870. The number of carbonyl (C=O) groups is 1. The summed E-state index contributed by atoms with van der Waals surface area (Å²) in [4.78, 5) is 11.1. The molecular formula is C9H15F3N2O3. The molecule has 1 saturated heterocycles. The lowest BCUT2D eigenvalue weighted by atomic mass is 10.0. The number of carbonyl (C=O) groups excluding carboxylic acids is 1. The summed E-state index contributed by atoms with van der Waals surface area (Å²) in [5.41, 5.74) is -0.629. The molecule has 1 heterocycles. The number of amides is 2. The zero-order chi connectivity index (χ0) is 12.9. The minimum atomic E-state index is -4.41. The molecule has 5 nitrogen and oxygen atoms in total. The highest BCUT2D eigenvalue weighted by Crippen LogP contribution is 2.21. The molecule has 0 aromatic carbocycles. The van der Waals surface area contributed by atoms with Crippen LogP contribution in [0.5, 0.6) is 0 Å². The zero-order valence-electron chi connectivity index (χ0n) is 9.39. The van der Waals surface area contributed by atoms with Gasteiger partial charge in [-0.25, -0.2) is 4.79 Å². The lowest BCUT2D eigenvalue weighted by Crippen LogP contribution is -2.49. The van der Waals surface area contributed by atoms with Gasteiger partial charge in [0.05, 0.1) is 13.2 Å². The summed E-state index contributed by atoms with van der Waals surface area (Å²) in [5, 5.41) is 4.05. The van der Waals surface area contributed by atoms with Crippen LogP contribution < -0.4 is 10.6 Å². The van der Waals surface area contributed by atoms with Gasteiger partial charge in [-0.3, -0.25) is 0 Å². The van der Waals surface area contributed by atoms with Crippen LogP contribution in [0.25, 0.3) is 0 Å². The first-order valence-corrected chi connectivity index (χ1v) is 5.08. The van der Waals surface area contributed by atoms with E-state index in [4.69, 9.17) is 9.47 Å². The van der Waals surface area contributed by atoms with Crippen LogP contribution in [0.1, 0.15) is 6.42 Å². The molecule has 0 aromatic heterocycles. The Balaban J connectivity index is 2.27. The van der Waals surface area contributed by atoms with Gasteiger partial charge in [0, 0.05) is 20.1 Å². The standard InChI is InChI=1S/C9H15F3N2O3/c1-16-8(2-3-17-6-8)4-13-7(15)14-5-9(10,11)12/h2-6H2,1H3,(H2,13,14,15). The van der Waals surface area contributed by atoms with Crippen LogP contribution in [-0.2, 0) is 9.47 Å². The number of hydrogen-bond donors (Lipinski definition) is 2. The summed E-state index contributed by atoms with van der Waals surface area (Å²) in [7, 11) is 1.48. The number of alkyl halides is 3. The number of ether oxygens (including phenoxy) is 2. The van der Waals surface area contributed by atoms with Crippen molar-refractivity contribution in [2.24, 2.45) is 0 Å². The van der Waals surface area contributed by atoms with Crippen molar-refractivity contribution in [1.82, 2.24) is 10.6 Å². The van der Waals surface area contributed by atoms with Crippen molar-refractivity contribution in [3.8, 4) is 0 Å². The van der Waals surface area contributed by atoms with Crippen molar-refractivity contribution in [3.05, 3.63) is 0 Å². The first kappa shape index (κ1) is 14.0. The molecule has 17 heavy (non-hydrogen) atoms. The second-order valence-corrected chi connectivity index (χ2v) is 3.84. The molecule has 0 bridgehead atoms. The second-order valence-electron chi connectivity index (χ2n) is 3.84. The van der Waals surface area contributed by atoms with Gasteiger partial charge in [0.25, 0.3) is 0 Å². The largest absolute Gasteiger partial charge is 0.405 e. The maximum atomic E-state index is 11.8. The van der Waals surface area contributed by atoms with Crippen molar-refractivity contribution in [2.75, 3.05) is 33.4 Å². The fraction of sp³-hybridized carbons (Fsp3) is 0.889. The highest BCUT2D eigenvalue weighted by atomic mass is 19.4. The van der Waals surface area contributed by atoms with E-state index in [1.807, 2.05) is 0 Å². The minimum absolute atomic E-state index is 0.118. The van der Waals surface area contributed by atoms with E-state index in [0.29, 0.717) is 19.6 Å². The van der Waals surface area contributed by atoms with E-state index in [1.165, 1.54) is 7.11 Å². The third kappa shape index (κ3) is 4.78. The maximum absolute atomic E-state index is 11.8. The molecule has 8 heteroatoms. The molecule has 1 aliphatic rings. The number of hydrogen-bond acceptors (Lipinski definition) is 3. The Kier molecular flexibility index (Phi) is 4.58. The zero-order valence-corrected chi connectivity index (χ0v) is 9.39. The van der Waals surface area contributed by atoms with E-state index in [-0.39, 0.29) is 6.54 Å². The van der Waals surface area contributed by atoms with Crippen molar-refractivity contribution in [1.29, 1.82) is 0 Å². The van der Waals surface area contributed by atoms with Crippen LogP contribution in [0.15, 0.2) is 0 Å². The summed E-state index contributed by atoms with van der Waals surface area (Å²) in [6.07, 6.45) is -3.81. The van der Waals surface area contributed by atoms with E-state index in [1.54, 1.807) is 5.32 Å². The molecule has 0 saturated carbocycles. The van der Waals surface area contributed by atoms with Crippen LogP contribution in [-0.4, -0.2) is 51.2 Å². The van der Waals surface area contributed by atoms with E-state index in [2.05, 4.69) is 5.32 Å². The van der Waals surface area contributed by atoms with Crippen LogP contribution in [0, 0.1) is 0 Å². The van der Waals surface area contributed by atoms with Crippen LogP contribution in [0.3, 0.4) is 0 Å². The molecule has 2 amide bonds. The number of rotatable bonds is 4. The number of nitrogens with one attached hydrogen (secondary N) is 2. The Morgan fingerprint density at radius 1 is 1.47 bits per heavy atom. The van der Waals surface area contributed by atoms with E-state index in [0.717, 1.165) is 0 Å². The van der Waals surface area contributed by atoms with E-state index in [9.17, 15) is 18.0 Å². The third-order valence-corrected chi connectivity index (χ3v) is 2.52. The summed E-state index contributed by atoms with van der Waals surface area (Å²) in [6.45, 7) is -0.398. The van der Waals surface area contributed by atoms with Crippen molar-refractivity contribution in [3.63, 3.8) is 0 Å². The fourth-order valence-electron chi connectivity index (χ4n) is 1.45. The molecule has 2 N–H and O–H groups in total. The third-order valence-electron chi connectivity index (χ3n) is 2.52. The second kappa shape index (κ2) is 5.54. The number of methoxy groups -OCH3 is 1. The average molecular weight is 256 g/mol. The van der Waals surface area contributed by atoms with Gasteiger partial charge in [0.2, 0.25) is 0 Å². The quantitative estimate of drug-likeness (QED) is 0.776. The van der Waals surface area contributed by atoms with Gasteiger partial charge >= 0.3 is 12.2 Å². The smallest absolute Gasteiger partial charge is 0.378 e. The Hall–Kier alpha value is -1.02. The maximum Gasteiger partial charge on any atom is 0.405 e. The molecule has 100 valence electrons. The van der Waals surface area contributed by atoms with Crippen LogP contribution in [0.2, 0.25) is 0 Å². The predicted molar refractivity (Wildman–Crippen MR) is 52.6 cm³/mol. The highest BCUT2D eigenvalue weighted by molar-refractivity contribution is 5.73. The number of urea groups is 1. The molecule has 1 fully saturated rings. The van der Waals surface area contributed by atoms with Crippen molar-refractivity contribution < 1.29 is 27.4 Å². The van der Waals surface area contributed by atoms with Crippen molar-refractivity contribution >= 4 is 6.03 Å². The first-order valence-electron chi connectivity index (χ1n) is 5.08. The van der Waals surface area contributed by atoms with Crippen LogP contribution in [0.4, 0.5) is 18.0 Å². The summed E-state index contributed by atoms with van der Waals surface area (Å²) in [5.74, 6) is 0. The van der Waals surface area contributed by atoms with Gasteiger partial charge in [0.1, 0.15) is 12.1 Å². The van der Waals surface area contributed by atoms with Gasteiger partial charge in [0.15, 0.2) is 0 Å². The topological polar surface area (TPSA) is 59.6 Å². The molecule has 0 spiro atoms. The Labute approximate surface area is 96.6 Å². The van der Waals surface area contributed by atoms with Gasteiger partial charge in [-0.1, -0.05) is 0 Å². The van der Waals surface area contributed by atoms with E-state index < -0.39 is 24.4 Å². The Morgan fingerprint density at radius 3 is 2.65 bits per heavy atom. The van der Waals surface area contributed by atoms with Gasteiger partial charge < -0.3 is 20.1 Å². The molecular weight excluding hydrogens is 241 g/mol. The Morgan fingerprint density at radius 2 is 2.18 bits per heavy atom. The average Bonchev–Trinajstić information content (AvgIpc) is 2.72. The number of halogens is 3. The first-order chi connectivity index (χ1) is 7.87. The van der Waals surface area contributed by atoms with Crippen LogP contribution >= 0.6 is 0 Å².